The molecule has 1 amide bonds. The summed E-state index contributed by atoms with van der Waals surface area (Å²) in [5.41, 5.74) is 5.08. The van der Waals surface area contributed by atoms with Gasteiger partial charge in [0.2, 0.25) is 0 Å². The van der Waals surface area contributed by atoms with E-state index in [9.17, 15) is 14.3 Å². The van der Waals surface area contributed by atoms with Gasteiger partial charge in [0.25, 0.3) is 0 Å². The molecular formula is C10H11ClFNO3. The lowest BCUT2D eigenvalue weighted by Crippen LogP contribution is -2.26. The van der Waals surface area contributed by atoms with Crippen LogP contribution in [0.5, 0.6) is 0 Å². The van der Waals surface area contributed by atoms with Crippen LogP contribution in [0.4, 0.5) is 9.18 Å². The fraction of sp³-hybridized carbons (Fsp3) is 0.300. The molecule has 0 saturated heterocycles. The van der Waals surface area contributed by atoms with Gasteiger partial charge >= 0.3 is 6.09 Å². The van der Waals surface area contributed by atoms with Crippen molar-refractivity contribution in [2.24, 2.45) is 5.73 Å². The Morgan fingerprint density at radius 1 is 1.62 bits per heavy atom. The molecular weight excluding hydrogens is 237 g/mol. The number of hydrogen-bond donors (Lipinski definition) is 2. The summed E-state index contributed by atoms with van der Waals surface area (Å²) in [5.74, 6) is -0.510. The molecule has 16 heavy (non-hydrogen) atoms. The van der Waals surface area contributed by atoms with Gasteiger partial charge in [-0.2, -0.15) is 0 Å². The number of aliphatic hydroxyl groups is 1. The molecule has 6 heteroatoms. The van der Waals surface area contributed by atoms with Crippen molar-refractivity contribution >= 4 is 17.7 Å². The lowest BCUT2D eigenvalue weighted by Gasteiger charge is -2.19. The molecule has 0 saturated carbocycles. The summed E-state index contributed by atoms with van der Waals surface area (Å²) in [7, 11) is 0. The van der Waals surface area contributed by atoms with Crippen molar-refractivity contribution < 1.29 is 19.0 Å². The van der Waals surface area contributed by atoms with Gasteiger partial charge in [-0.1, -0.05) is 17.7 Å². The summed E-state index contributed by atoms with van der Waals surface area (Å²) < 4.78 is 17.3. The minimum Gasteiger partial charge on any atom is -0.444 e. The molecule has 0 fully saturated rings. The third-order valence-electron chi connectivity index (χ3n) is 2.03. The Labute approximate surface area is 96.8 Å². The van der Waals surface area contributed by atoms with Gasteiger partial charge in [0.05, 0.1) is 0 Å². The molecule has 0 heterocycles. The number of halogens is 2. The van der Waals surface area contributed by atoms with Gasteiger partial charge in [-0.15, -0.1) is 0 Å². The van der Waals surface area contributed by atoms with E-state index in [1.54, 1.807) is 0 Å². The van der Waals surface area contributed by atoms with Crippen LogP contribution in [0.15, 0.2) is 18.2 Å². The first-order valence-electron chi connectivity index (χ1n) is 4.51. The number of aliphatic hydroxyl groups excluding tert-OH is 1. The van der Waals surface area contributed by atoms with Crippen LogP contribution in [0.1, 0.15) is 18.6 Å². The molecule has 0 aliphatic carbocycles. The van der Waals surface area contributed by atoms with Crippen molar-refractivity contribution in [3.63, 3.8) is 0 Å². The molecule has 3 N–H and O–H groups in total. The SMILES string of the molecule is C[C@H](OC(N)=O)[C@@H](O)c1ccc(F)cc1Cl. The van der Waals surface area contributed by atoms with Crippen molar-refractivity contribution in [1.82, 2.24) is 0 Å². The molecule has 1 aromatic carbocycles. The lowest BCUT2D eigenvalue weighted by molar-refractivity contribution is 0.0158. The highest BCUT2D eigenvalue weighted by atomic mass is 35.5. The van der Waals surface area contributed by atoms with E-state index in [2.05, 4.69) is 4.74 Å². The first-order valence-corrected chi connectivity index (χ1v) is 4.88. The van der Waals surface area contributed by atoms with Crippen LogP contribution in [0, 0.1) is 5.82 Å². The summed E-state index contributed by atoms with van der Waals surface area (Å²) in [5, 5.41) is 9.83. The Morgan fingerprint density at radius 2 is 2.25 bits per heavy atom. The Hall–Kier alpha value is -1.33. The normalized spacial score (nSPS) is 14.2. The van der Waals surface area contributed by atoms with E-state index in [0.29, 0.717) is 0 Å². The van der Waals surface area contributed by atoms with Crippen LogP contribution in [-0.4, -0.2) is 17.3 Å². The maximum atomic E-state index is 12.8. The molecule has 1 rings (SSSR count). The van der Waals surface area contributed by atoms with E-state index in [0.717, 1.165) is 12.1 Å². The van der Waals surface area contributed by atoms with Gasteiger partial charge in [-0.05, 0) is 19.1 Å². The number of amides is 1. The zero-order chi connectivity index (χ0) is 12.3. The maximum absolute atomic E-state index is 12.8. The van der Waals surface area contributed by atoms with Gasteiger partial charge < -0.3 is 15.6 Å². The average molecular weight is 248 g/mol. The van der Waals surface area contributed by atoms with Crippen molar-refractivity contribution in [1.29, 1.82) is 0 Å². The molecule has 0 radical (unpaired) electrons. The average Bonchev–Trinajstić information content (AvgIpc) is 2.15. The molecule has 88 valence electrons. The third kappa shape index (κ3) is 3.08. The van der Waals surface area contributed by atoms with E-state index in [-0.39, 0.29) is 10.6 Å². The number of nitrogens with two attached hydrogens (primary N) is 1. The molecule has 4 nitrogen and oxygen atoms in total. The molecule has 1 aromatic rings. The summed E-state index contributed by atoms with van der Waals surface area (Å²) in [6.07, 6.45) is -3.01. The molecule has 0 aliphatic rings. The highest BCUT2D eigenvalue weighted by Crippen LogP contribution is 2.27. The molecule has 0 spiro atoms. The van der Waals surface area contributed by atoms with Gasteiger partial charge in [0.1, 0.15) is 18.0 Å². The van der Waals surface area contributed by atoms with Gasteiger partial charge in [-0.3, -0.25) is 0 Å². The van der Waals surface area contributed by atoms with Gasteiger partial charge in [-0.25, -0.2) is 9.18 Å². The number of benzene rings is 1. The monoisotopic (exact) mass is 247 g/mol. The van der Waals surface area contributed by atoms with Crippen LogP contribution in [-0.2, 0) is 4.74 Å². The predicted molar refractivity (Wildman–Crippen MR) is 56.5 cm³/mol. The topological polar surface area (TPSA) is 72.5 Å². The van der Waals surface area contributed by atoms with Crippen molar-refractivity contribution in [2.45, 2.75) is 19.1 Å². The standard InChI is InChI=1S/C10H11ClFNO3/c1-5(16-10(13)15)9(14)7-3-2-6(12)4-8(7)11/h2-5,9,14H,1H3,(H2,13,15)/t5-,9+/m0/s1. The summed E-state index contributed by atoms with van der Waals surface area (Å²) >= 11 is 5.73. The van der Waals surface area contributed by atoms with E-state index >= 15 is 0 Å². The zero-order valence-corrected chi connectivity index (χ0v) is 9.24. The van der Waals surface area contributed by atoms with Crippen molar-refractivity contribution in [2.75, 3.05) is 0 Å². The van der Waals surface area contributed by atoms with E-state index in [1.807, 2.05) is 0 Å². The highest BCUT2D eigenvalue weighted by molar-refractivity contribution is 6.31. The van der Waals surface area contributed by atoms with Crippen LogP contribution in [0.3, 0.4) is 0 Å². The Morgan fingerprint density at radius 3 is 2.75 bits per heavy atom. The largest absolute Gasteiger partial charge is 0.444 e. The number of hydrogen-bond acceptors (Lipinski definition) is 3. The maximum Gasteiger partial charge on any atom is 0.404 e. The summed E-state index contributed by atoms with van der Waals surface area (Å²) in [4.78, 5) is 10.5. The molecule has 2 atom stereocenters. The van der Waals surface area contributed by atoms with Crippen LogP contribution >= 0.6 is 11.6 Å². The number of carbonyl (C=O) groups excluding carboxylic acids is 1. The molecule has 0 bridgehead atoms. The quantitative estimate of drug-likeness (QED) is 0.858. The van der Waals surface area contributed by atoms with E-state index in [4.69, 9.17) is 17.3 Å². The first kappa shape index (κ1) is 12.7. The van der Waals surface area contributed by atoms with Gasteiger partial charge in [0.15, 0.2) is 0 Å². The second-order valence-electron chi connectivity index (χ2n) is 3.25. The second kappa shape index (κ2) is 5.14. The number of carbonyl (C=O) groups is 1. The summed E-state index contributed by atoms with van der Waals surface area (Å²) in [6.45, 7) is 1.45. The second-order valence-corrected chi connectivity index (χ2v) is 3.66. The number of primary amides is 1. The first-order chi connectivity index (χ1) is 7.41. The van der Waals surface area contributed by atoms with Crippen LogP contribution in [0.25, 0.3) is 0 Å². The zero-order valence-electron chi connectivity index (χ0n) is 8.48. The minimum atomic E-state index is -1.15. The van der Waals surface area contributed by atoms with Crippen LogP contribution in [0.2, 0.25) is 5.02 Å². The highest BCUT2D eigenvalue weighted by Gasteiger charge is 2.21. The number of rotatable bonds is 3. The molecule has 0 unspecified atom stereocenters. The Bertz CT molecular complexity index is 400. The lowest BCUT2D eigenvalue weighted by atomic mass is 10.1. The Balaban J connectivity index is 2.87. The van der Waals surface area contributed by atoms with Gasteiger partial charge in [0, 0.05) is 10.6 Å². The number of ether oxygens (including phenoxy) is 1. The smallest absolute Gasteiger partial charge is 0.404 e. The third-order valence-corrected chi connectivity index (χ3v) is 2.36. The Kier molecular flexibility index (Phi) is 4.09. The molecule has 0 aliphatic heterocycles. The van der Waals surface area contributed by atoms with Crippen molar-refractivity contribution in [3.8, 4) is 0 Å². The van der Waals surface area contributed by atoms with Crippen molar-refractivity contribution in [3.05, 3.63) is 34.6 Å². The summed E-state index contributed by atoms with van der Waals surface area (Å²) in [6, 6.07) is 3.54. The fourth-order valence-corrected chi connectivity index (χ4v) is 1.52. The molecule has 0 aromatic heterocycles. The van der Waals surface area contributed by atoms with Crippen LogP contribution < -0.4 is 5.73 Å². The van der Waals surface area contributed by atoms with E-state index < -0.39 is 24.1 Å². The minimum absolute atomic E-state index is 0.0624. The fourth-order valence-electron chi connectivity index (χ4n) is 1.24. The van der Waals surface area contributed by atoms with E-state index in [1.165, 1.54) is 13.0 Å². The predicted octanol–water partition coefficient (Wildman–Crippen LogP) is 2.00.